The molecule has 7 heteroatoms. The topological polar surface area (TPSA) is 87.6 Å². The van der Waals surface area contributed by atoms with Gasteiger partial charge in [-0.15, -0.1) is 0 Å². The molecule has 0 bridgehead atoms. The van der Waals surface area contributed by atoms with Crippen LogP contribution in [-0.2, 0) is 0 Å². The fraction of sp³-hybridized carbons (Fsp3) is 0.188. The second-order valence-electron chi connectivity index (χ2n) is 4.46. The summed E-state index contributed by atoms with van der Waals surface area (Å²) in [6.45, 7) is 1.44. The average Bonchev–Trinajstić information content (AvgIpc) is 2.53. The van der Waals surface area contributed by atoms with Crippen LogP contribution in [0.1, 0.15) is 17.3 Å². The number of halogens is 2. The predicted octanol–water partition coefficient (Wildman–Crippen LogP) is 4.06. The number of hydrogen-bond acceptors (Lipinski definition) is 5. The number of rotatable bonds is 3. The summed E-state index contributed by atoms with van der Waals surface area (Å²) in [5, 5.41) is 0.764. The molecule has 124 valence electrons. The molecule has 0 fully saturated rings. The number of nitrogens with two attached hydrogens (primary N) is 2. The average molecular weight is 357 g/mol. The number of ether oxygens (including phenoxy) is 2. The van der Waals surface area contributed by atoms with Crippen LogP contribution in [0.15, 0.2) is 30.3 Å². The number of ketones is 1. The molecular formula is C16H18Cl2N2O3. The minimum Gasteiger partial charge on any atom is -0.495 e. The van der Waals surface area contributed by atoms with Crippen molar-refractivity contribution in [1.82, 2.24) is 0 Å². The Hall–Kier alpha value is -2.11. The highest BCUT2D eigenvalue weighted by molar-refractivity contribution is 6.35. The molecule has 0 heterocycles. The Kier molecular flexibility index (Phi) is 7.00. The van der Waals surface area contributed by atoms with Crippen molar-refractivity contribution in [2.45, 2.75) is 6.92 Å². The SMILES string of the molecule is COc1ccc(C(C)=O)c(N)c1Cl.COc1cccc(N)c1Cl. The normalized spacial score (nSPS) is 9.61. The Labute approximate surface area is 145 Å². The molecular weight excluding hydrogens is 339 g/mol. The van der Waals surface area contributed by atoms with Crippen molar-refractivity contribution < 1.29 is 14.3 Å². The van der Waals surface area contributed by atoms with Crippen LogP contribution >= 0.6 is 23.2 Å². The highest BCUT2D eigenvalue weighted by Gasteiger charge is 2.11. The Morgan fingerprint density at radius 1 is 0.957 bits per heavy atom. The number of anilines is 2. The van der Waals surface area contributed by atoms with Gasteiger partial charge in [0.05, 0.1) is 25.6 Å². The lowest BCUT2D eigenvalue weighted by Gasteiger charge is -2.08. The number of benzene rings is 2. The van der Waals surface area contributed by atoms with E-state index in [1.54, 1.807) is 37.4 Å². The largest absolute Gasteiger partial charge is 0.495 e. The first-order valence-electron chi connectivity index (χ1n) is 6.54. The fourth-order valence-electron chi connectivity index (χ4n) is 1.72. The third-order valence-corrected chi connectivity index (χ3v) is 3.75. The number of nitrogen functional groups attached to an aromatic ring is 2. The minimum absolute atomic E-state index is 0.109. The third kappa shape index (κ3) is 4.68. The molecule has 2 aromatic carbocycles. The lowest BCUT2D eigenvalue weighted by molar-refractivity contribution is 0.101. The van der Waals surface area contributed by atoms with Gasteiger partial charge < -0.3 is 20.9 Å². The zero-order valence-electron chi connectivity index (χ0n) is 13.0. The summed E-state index contributed by atoms with van der Waals surface area (Å²) in [6.07, 6.45) is 0. The van der Waals surface area contributed by atoms with Crippen molar-refractivity contribution in [2.75, 3.05) is 25.7 Å². The van der Waals surface area contributed by atoms with Crippen LogP contribution in [0.5, 0.6) is 11.5 Å². The molecule has 0 radical (unpaired) electrons. The molecule has 0 aromatic heterocycles. The van der Waals surface area contributed by atoms with Gasteiger partial charge in [0.2, 0.25) is 0 Å². The monoisotopic (exact) mass is 356 g/mol. The molecule has 0 saturated heterocycles. The summed E-state index contributed by atoms with van der Waals surface area (Å²) >= 11 is 11.6. The smallest absolute Gasteiger partial charge is 0.161 e. The molecule has 23 heavy (non-hydrogen) atoms. The molecule has 2 rings (SSSR count). The second kappa shape index (κ2) is 8.50. The standard InChI is InChI=1S/C9H10ClNO2.C7H8ClNO/c1-5(12)6-3-4-7(13-2)8(10)9(6)11;1-10-6-4-2-3-5(9)7(6)8/h3-4H,11H2,1-2H3;2-4H,9H2,1H3. The summed E-state index contributed by atoms with van der Waals surface area (Å²) in [4.78, 5) is 11.0. The van der Waals surface area contributed by atoms with Gasteiger partial charge in [0.25, 0.3) is 0 Å². The van der Waals surface area contributed by atoms with Crippen molar-refractivity contribution in [3.63, 3.8) is 0 Å². The number of carbonyl (C=O) groups is 1. The van der Waals surface area contributed by atoms with Crippen molar-refractivity contribution in [2.24, 2.45) is 0 Å². The van der Waals surface area contributed by atoms with Gasteiger partial charge in [-0.25, -0.2) is 0 Å². The number of methoxy groups -OCH3 is 2. The van der Waals surface area contributed by atoms with E-state index in [0.717, 1.165) is 0 Å². The van der Waals surface area contributed by atoms with Gasteiger partial charge in [0.1, 0.15) is 21.5 Å². The maximum absolute atomic E-state index is 11.0. The van der Waals surface area contributed by atoms with Gasteiger partial charge in [-0.3, -0.25) is 4.79 Å². The van der Waals surface area contributed by atoms with Crippen LogP contribution in [0.3, 0.4) is 0 Å². The van der Waals surface area contributed by atoms with Crippen molar-refractivity contribution in [3.8, 4) is 11.5 Å². The van der Waals surface area contributed by atoms with Crippen LogP contribution in [-0.4, -0.2) is 20.0 Å². The van der Waals surface area contributed by atoms with Gasteiger partial charge in [-0.1, -0.05) is 29.3 Å². The fourth-order valence-corrected chi connectivity index (χ4v) is 2.17. The van der Waals surface area contributed by atoms with E-state index in [1.807, 2.05) is 0 Å². The molecule has 0 aliphatic heterocycles. The zero-order valence-corrected chi connectivity index (χ0v) is 14.5. The molecule has 0 amide bonds. The molecule has 0 unspecified atom stereocenters. The van der Waals surface area contributed by atoms with E-state index >= 15 is 0 Å². The van der Waals surface area contributed by atoms with E-state index in [0.29, 0.717) is 27.8 Å². The van der Waals surface area contributed by atoms with Gasteiger partial charge >= 0.3 is 0 Å². The van der Waals surface area contributed by atoms with Crippen molar-refractivity contribution >= 4 is 40.4 Å². The van der Waals surface area contributed by atoms with E-state index in [-0.39, 0.29) is 16.5 Å². The molecule has 5 nitrogen and oxygen atoms in total. The van der Waals surface area contributed by atoms with Gasteiger partial charge in [0, 0.05) is 5.56 Å². The number of carbonyl (C=O) groups excluding carboxylic acids is 1. The Bertz CT molecular complexity index is 706. The first kappa shape index (κ1) is 18.9. The maximum Gasteiger partial charge on any atom is 0.161 e. The minimum atomic E-state index is -0.109. The highest BCUT2D eigenvalue weighted by atomic mass is 35.5. The Morgan fingerprint density at radius 3 is 2.00 bits per heavy atom. The first-order valence-corrected chi connectivity index (χ1v) is 7.29. The zero-order chi connectivity index (χ0) is 17.6. The van der Waals surface area contributed by atoms with Gasteiger partial charge in [0.15, 0.2) is 5.78 Å². The van der Waals surface area contributed by atoms with E-state index in [9.17, 15) is 4.79 Å². The van der Waals surface area contributed by atoms with Crippen LogP contribution in [0.4, 0.5) is 11.4 Å². The van der Waals surface area contributed by atoms with E-state index in [1.165, 1.54) is 14.0 Å². The lowest BCUT2D eigenvalue weighted by Crippen LogP contribution is -2.01. The molecule has 0 saturated carbocycles. The summed E-state index contributed by atoms with van der Waals surface area (Å²) in [5.74, 6) is 0.980. The van der Waals surface area contributed by atoms with Crippen LogP contribution in [0, 0.1) is 0 Å². The molecule has 0 aliphatic carbocycles. The summed E-state index contributed by atoms with van der Waals surface area (Å²) in [5.41, 5.74) is 12.3. The lowest BCUT2D eigenvalue weighted by atomic mass is 10.1. The summed E-state index contributed by atoms with van der Waals surface area (Å²) in [7, 11) is 3.05. The Balaban J connectivity index is 0.000000238. The maximum atomic E-state index is 11.0. The van der Waals surface area contributed by atoms with Crippen LogP contribution in [0.2, 0.25) is 10.0 Å². The quantitative estimate of drug-likeness (QED) is 0.639. The van der Waals surface area contributed by atoms with Gasteiger partial charge in [-0.2, -0.15) is 0 Å². The van der Waals surface area contributed by atoms with Gasteiger partial charge in [-0.05, 0) is 31.2 Å². The first-order chi connectivity index (χ1) is 10.8. The second-order valence-corrected chi connectivity index (χ2v) is 5.22. The molecule has 0 atom stereocenters. The van der Waals surface area contributed by atoms with Crippen molar-refractivity contribution in [3.05, 3.63) is 45.9 Å². The molecule has 2 aromatic rings. The third-order valence-electron chi connectivity index (χ3n) is 2.96. The van der Waals surface area contributed by atoms with E-state index in [2.05, 4.69) is 0 Å². The van der Waals surface area contributed by atoms with E-state index in [4.69, 9.17) is 44.1 Å². The number of Topliss-reactive ketones (excluding diaryl/α,β-unsaturated/α-hetero) is 1. The van der Waals surface area contributed by atoms with Crippen molar-refractivity contribution in [1.29, 1.82) is 0 Å². The molecule has 4 N–H and O–H groups in total. The summed E-state index contributed by atoms with van der Waals surface area (Å²) in [6, 6.07) is 8.50. The summed E-state index contributed by atoms with van der Waals surface area (Å²) < 4.78 is 9.85. The number of hydrogen-bond donors (Lipinski definition) is 2. The highest BCUT2D eigenvalue weighted by Crippen LogP contribution is 2.32. The Morgan fingerprint density at radius 2 is 1.52 bits per heavy atom. The van der Waals surface area contributed by atoms with Crippen LogP contribution < -0.4 is 20.9 Å². The molecule has 0 aliphatic rings. The predicted molar refractivity (Wildman–Crippen MR) is 94.8 cm³/mol. The van der Waals surface area contributed by atoms with E-state index < -0.39 is 0 Å². The van der Waals surface area contributed by atoms with Crippen LogP contribution in [0.25, 0.3) is 0 Å². The molecule has 0 spiro atoms.